The summed E-state index contributed by atoms with van der Waals surface area (Å²) >= 11 is 6.96. The third-order valence-electron chi connectivity index (χ3n) is 7.45. The van der Waals surface area contributed by atoms with Gasteiger partial charge in [-0.25, -0.2) is 9.36 Å². The van der Waals surface area contributed by atoms with E-state index < -0.39 is 78.9 Å². The number of ether oxygens (including phenoxy) is 3. The van der Waals surface area contributed by atoms with Crippen molar-refractivity contribution >= 4 is 49.9 Å². The SMILES string of the molecule is B[C@]1(Cl)[C@H](OC(=O)[C@@H](N)C(C)C)[C@@H](COP(=O)(N[C@@H](C)C(=O)OC(C)C)Oc2cccc3ccccc23)O[C@H]1n1ccc(=O)[nH]c1=O. The van der Waals surface area contributed by atoms with Gasteiger partial charge in [0.05, 0.1) is 17.5 Å². The molecule has 3 aromatic rings. The number of hydrogen-bond donors (Lipinski definition) is 3. The number of hydrogen-bond acceptors (Lipinski definition) is 11. The van der Waals surface area contributed by atoms with Crippen molar-refractivity contribution in [2.24, 2.45) is 11.7 Å². The fraction of sp³-hybridized carbons (Fsp3) is 0.467. The Morgan fingerprint density at radius 2 is 1.79 bits per heavy atom. The molecule has 0 aliphatic carbocycles. The first kappa shape index (κ1) is 36.4. The Bertz CT molecular complexity index is 1760. The number of esters is 2. The number of nitrogens with one attached hydrogen (secondary N) is 2. The van der Waals surface area contributed by atoms with Gasteiger partial charge in [-0.15, -0.1) is 11.6 Å². The van der Waals surface area contributed by atoms with Crippen LogP contribution in [0.1, 0.15) is 40.8 Å². The molecule has 0 saturated carbocycles. The molecule has 0 bridgehead atoms. The second-order valence-electron chi connectivity index (χ2n) is 12.0. The normalized spacial score (nSPS) is 23.7. The monoisotopic (exact) mass is 692 g/mol. The zero-order chi connectivity index (χ0) is 34.7. The Balaban J connectivity index is 1.69. The van der Waals surface area contributed by atoms with E-state index in [0.29, 0.717) is 5.39 Å². The molecule has 0 amide bonds. The van der Waals surface area contributed by atoms with Crippen molar-refractivity contribution in [1.82, 2.24) is 14.6 Å². The van der Waals surface area contributed by atoms with Gasteiger partial charge in [0.25, 0.3) is 5.56 Å². The van der Waals surface area contributed by atoms with E-state index in [-0.39, 0.29) is 11.7 Å². The van der Waals surface area contributed by atoms with Crippen LogP contribution in [0.2, 0.25) is 0 Å². The number of H-pyrrole nitrogens is 1. The molecule has 47 heavy (non-hydrogen) atoms. The highest BCUT2D eigenvalue weighted by Crippen LogP contribution is 2.49. The first-order valence-corrected chi connectivity index (χ1v) is 17.0. The van der Waals surface area contributed by atoms with Crippen LogP contribution in [-0.4, -0.2) is 71.1 Å². The molecule has 1 aromatic heterocycles. The summed E-state index contributed by atoms with van der Waals surface area (Å²) in [5.74, 6) is -1.59. The third-order valence-corrected chi connectivity index (χ3v) is 9.48. The van der Waals surface area contributed by atoms with Crippen molar-refractivity contribution in [2.45, 2.75) is 76.0 Å². The molecule has 254 valence electrons. The average Bonchev–Trinajstić information content (AvgIpc) is 3.24. The smallest absolute Gasteiger partial charge is 0.459 e. The number of nitrogens with two attached hydrogens (primary N) is 1. The molecule has 2 aromatic carbocycles. The number of benzene rings is 2. The molecule has 14 nitrogen and oxygen atoms in total. The van der Waals surface area contributed by atoms with E-state index in [1.54, 1.807) is 52.0 Å². The van der Waals surface area contributed by atoms with Crippen molar-refractivity contribution in [3.8, 4) is 5.75 Å². The number of fused-ring (bicyclic) bond motifs is 1. The molecule has 4 rings (SSSR count). The number of nitrogens with zero attached hydrogens (tertiary/aromatic N) is 1. The Morgan fingerprint density at radius 3 is 2.45 bits per heavy atom. The summed E-state index contributed by atoms with van der Waals surface area (Å²) in [6.07, 6.45) is -3.10. The van der Waals surface area contributed by atoms with Gasteiger partial charge < -0.3 is 24.5 Å². The summed E-state index contributed by atoms with van der Waals surface area (Å²) in [6, 6.07) is 11.3. The van der Waals surface area contributed by atoms with Gasteiger partial charge in [0, 0.05) is 17.6 Å². The van der Waals surface area contributed by atoms with Gasteiger partial charge in [-0.2, -0.15) is 5.09 Å². The number of halogens is 1. The van der Waals surface area contributed by atoms with Gasteiger partial charge in [0.15, 0.2) is 6.23 Å². The maximum absolute atomic E-state index is 14.4. The molecule has 4 N–H and O–H groups in total. The number of carbonyl (C=O) groups excluding carboxylic acids is 2. The minimum atomic E-state index is -4.45. The summed E-state index contributed by atoms with van der Waals surface area (Å²) in [5, 5.41) is 4.04. The summed E-state index contributed by atoms with van der Waals surface area (Å²) < 4.78 is 42.9. The molecule has 0 spiro atoms. The summed E-state index contributed by atoms with van der Waals surface area (Å²) in [7, 11) is -2.98. The maximum atomic E-state index is 14.4. The number of aromatic amines is 1. The fourth-order valence-electron chi connectivity index (χ4n) is 4.91. The Labute approximate surface area is 277 Å². The summed E-state index contributed by atoms with van der Waals surface area (Å²) in [5.41, 5.74) is 4.57. The predicted molar refractivity (Wildman–Crippen MR) is 177 cm³/mol. The zero-order valence-corrected chi connectivity index (χ0v) is 28.5. The predicted octanol–water partition coefficient (Wildman–Crippen LogP) is 2.18. The van der Waals surface area contributed by atoms with Crippen LogP contribution in [0, 0.1) is 5.92 Å². The Hall–Kier alpha value is -3.46. The van der Waals surface area contributed by atoms with Crippen molar-refractivity contribution in [2.75, 3.05) is 6.61 Å². The van der Waals surface area contributed by atoms with Crippen molar-refractivity contribution in [1.29, 1.82) is 0 Å². The van der Waals surface area contributed by atoms with Gasteiger partial charge in [-0.3, -0.25) is 28.5 Å². The highest BCUT2D eigenvalue weighted by Gasteiger charge is 2.57. The van der Waals surface area contributed by atoms with E-state index in [1.807, 2.05) is 18.2 Å². The number of aromatic nitrogens is 2. The van der Waals surface area contributed by atoms with E-state index >= 15 is 0 Å². The van der Waals surface area contributed by atoms with Crippen molar-refractivity contribution < 1.29 is 37.4 Å². The Morgan fingerprint density at radius 1 is 1.11 bits per heavy atom. The van der Waals surface area contributed by atoms with Gasteiger partial charge in [0.2, 0.25) is 0 Å². The van der Waals surface area contributed by atoms with Crippen LogP contribution in [0.15, 0.2) is 64.3 Å². The van der Waals surface area contributed by atoms with Crippen molar-refractivity contribution in [3.05, 3.63) is 75.6 Å². The summed E-state index contributed by atoms with van der Waals surface area (Å²) in [6.45, 7) is 7.68. The molecule has 17 heteroatoms. The van der Waals surface area contributed by atoms with Gasteiger partial charge in [0.1, 0.15) is 37.9 Å². The van der Waals surface area contributed by atoms with Crippen LogP contribution in [0.5, 0.6) is 5.75 Å². The first-order chi connectivity index (χ1) is 22.0. The molecular formula is C30H39BClN4O10P. The van der Waals surface area contributed by atoms with E-state index in [9.17, 15) is 23.7 Å². The molecule has 1 fully saturated rings. The lowest BCUT2D eigenvalue weighted by molar-refractivity contribution is -0.156. The van der Waals surface area contributed by atoms with E-state index in [2.05, 4.69) is 10.1 Å². The molecule has 1 unspecified atom stereocenters. The van der Waals surface area contributed by atoms with Gasteiger partial charge in [-0.05, 0) is 38.1 Å². The van der Waals surface area contributed by atoms with Crippen LogP contribution in [0.4, 0.5) is 0 Å². The minimum absolute atomic E-state index is 0.196. The zero-order valence-electron chi connectivity index (χ0n) is 26.9. The van der Waals surface area contributed by atoms with Crippen LogP contribution in [0.25, 0.3) is 10.8 Å². The topological polar surface area (TPSA) is 190 Å². The van der Waals surface area contributed by atoms with E-state index in [4.69, 9.17) is 40.6 Å². The molecule has 1 saturated heterocycles. The van der Waals surface area contributed by atoms with Crippen LogP contribution >= 0.6 is 19.3 Å². The molecule has 7 atom stereocenters. The summed E-state index contributed by atoms with van der Waals surface area (Å²) in [4.78, 5) is 52.4. The number of carbonyl (C=O) groups is 2. The molecule has 1 aliphatic rings. The van der Waals surface area contributed by atoms with Gasteiger partial charge >= 0.3 is 25.4 Å². The van der Waals surface area contributed by atoms with E-state index in [1.165, 1.54) is 21.0 Å². The lowest BCUT2D eigenvalue weighted by Gasteiger charge is -2.31. The molecule has 1 aliphatic heterocycles. The molecule has 0 radical (unpaired) electrons. The van der Waals surface area contributed by atoms with Gasteiger partial charge in [-0.1, -0.05) is 50.2 Å². The minimum Gasteiger partial charge on any atom is -0.462 e. The number of rotatable bonds is 13. The standard InChI is InChI=1S/C30H39BClN4O10P/c1-16(2)24(33)27(39)45-25-22(44-28(30(25,31)32)36-14-13-23(37)34-29(36)40)15-42-47(41,35-18(5)26(38)43-17(3)4)46-21-12-8-10-19-9-6-7-11-20(19)21/h6-14,16-18,22,24-25,28H,15,31,33H2,1-5H3,(H,35,41)(H,34,37,40)/t18-,22+,24-,25+,28+,30-,47?/m0/s1. The first-order valence-electron chi connectivity index (χ1n) is 15.0. The fourth-order valence-corrected chi connectivity index (χ4v) is 6.77. The van der Waals surface area contributed by atoms with Crippen LogP contribution < -0.4 is 26.6 Å². The van der Waals surface area contributed by atoms with Crippen LogP contribution in [-0.2, 0) is 32.9 Å². The number of alkyl halides is 1. The highest BCUT2D eigenvalue weighted by atomic mass is 35.5. The lowest BCUT2D eigenvalue weighted by Crippen LogP contribution is -2.50. The van der Waals surface area contributed by atoms with E-state index in [0.717, 1.165) is 16.0 Å². The lowest BCUT2D eigenvalue weighted by atomic mass is 9.79. The molecule has 2 heterocycles. The second kappa shape index (κ2) is 14.8. The highest BCUT2D eigenvalue weighted by molar-refractivity contribution is 7.52. The quantitative estimate of drug-likeness (QED) is 0.103. The Kier molecular flexibility index (Phi) is 11.4. The largest absolute Gasteiger partial charge is 0.462 e. The van der Waals surface area contributed by atoms with Crippen LogP contribution in [0.3, 0.4) is 0 Å². The average molecular weight is 693 g/mol. The second-order valence-corrected chi connectivity index (χ2v) is 14.5. The van der Waals surface area contributed by atoms with Crippen molar-refractivity contribution in [3.63, 3.8) is 0 Å². The third kappa shape index (κ3) is 8.53. The maximum Gasteiger partial charge on any atom is 0.459 e. The molecular weight excluding hydrogens is 654 g/mol.